The third-order valence-electron chi connectivity index (χ3n) is 2.21. The van der Waals surface area contributed by atoms with E-state index in [1.54, 1.807) is 6.07 Å². The lowest BCUT2D eigenvalue weighted by molar-refractivity contribution is 0.0621. The third-order valence-corrected chi connectivity index (χ3v) is 2.21. The number of carbonyl (C=O) groups is 2. The summed E-state index contributed by atoms with van der Waals surface area (Å²) in [5.41, 5.74) is -1.69. The maximum Gasteiger partial charge on any atom is 0.372 e. The Morgan fingerprint density at radius 1 is 1.06 bits per heavy atom. The molecule has 2 N–H and O–H groups in total. The smallest absolute Gasteiger partial charge is 0.372 e. The molecule has 0 radical (unpaired) electrons. The molecule has 1 aromatic heterocycles. The largest absolute Gasteiger partial charge is 0.477 e. The van der Waals surface area contributed by atoms with Gasteiger partial charge in [-0.25, -0.2) is 9.59 Å². The summed E-state index contributed by atoms with van der Waals surface area (Å²) in [5, 5.41) is 17.7. The first kappa shape index (κ1) is 10.9. The summed E-state index contributed by atoms with van der Waals surface area (Å²) in [6.07, 6.45) is 0. The molecule has 0 aliphatic rings. The third kappa shape index (κ3) is 1.65. The fourth-order valence-electron chi connectivity index (χ4n) is 1.49. The van der Waals surface area contributed by atoms with Gasteiger partial charge in [-0.2, -0.15) is 0 Å². The van der Waals surface area contributed by atoms with Crippen molar-refractivity contribution in [2.75, 3.05) is 0 Å². The van der Waals surface area contributed by atoms with Gasteiger partial charge in [0, 0.05) is 0 Å². The van der Waals surface area contributed by atoms with Gasteiger partial charge in [0.25, 0.3) is 0 Å². The second-order valence-electron chi connectivity index (χ2n) is 3.24. The van der Waals surface area contributed by atoms with E-state index in [0.717, 1.165) is 0 Å². The maximum atomic E-state index is 11.8. The number of para-hydroxylation sites is 1. The number of rotatable bonds is 2. The molecule has 6 heteroatoms. The van der Waals surface area contributed by atoms with Crippen LogP contribution in [0.4, 0.5) is 0 Å². The van der Waals surface area contributed by atoms with Crippen molar-refractivity contribution >= 4 is 22.9 Å². The number of benzene rings is 1. The Morgan fingerprint density at radius 2 is 1.71 bits per heavy atom. The molecule has 0 unspecified atom stereocenters. The summed E-state index contributed by atoms with van der Waals surface area (Å²) in [7, 11) is 0. The Labute approximate surface area is 93.7 Å². The lowest BCUT2D eigenvalue weighted by Crippen LogP contribution is -2.20. The average molecular weight is 234 g/mol. The normalized spacial score (nSPS) is 10.4. The Bertz CT molecular complexity index is 682. The minimum Gasteiger partial charge on any atom is -0.477 e. The molecule has 1 aromatic carbocycles. The zero-order valence-electron chi connectivity index (χ0n) is 8.34. The van der Waals surface area contributed by atoms with Gasteiger partial charge in [0.05, 0.1) is 5.39 Å². The van der Waals surface area contributed by atoms with Crippen LogP contribution >= 0.6 is 0 Å². The van der Waals surface area contributed by atoms with Gasteiger partial charge in [0.2, 0.25) is 11.2 Å². The van der Waals surface area contributed by atoms with Crippen molar-refractivity contribution < 1.29 is 24.2 Å². The quantitative estimate of drug-likeness (QED) is 0.808. The van der Waals surface area contributed by atoms with Crippen LogP contribution in [0.3, 0.4) is 0 Å². The molecule has 1 heterocycles. The molecule has 17 heavy (non-hydrogen) atoms. The molecule has 2 rings (SSSR count). The van der Waals surface area contributed by atoms with Crippen molar-refractivity contribution in [3.63, 3.8) is 0 Å². The molecule has 0 atom stereocenters. The second kappa shape index (κ2) is 3.75. The summed E-state index contributed by atoms with van der Waals surface area (Å²) in [4.78, 5) is 33.5. The van der Waals surface area contributed by atoms with Crippen LogP contribution in [0.25, 0.3) is 11.0 Å². The number of carboxylic acid groups (broad SMARTS) is 2. The lowest BCUT2D eigenvalue weighted by Gasteiger charge is -2.02. The highest BCUT2D eigenvalue weighted by Crippen LogP contribution is 2.15. The monoisotopic (exact) mass is 234 g/mol. The van der Waals surface area contributed by atoms with E-state index in [0.29, 0.717) is 0 Å². The van der Waals surface area contributed by atoms with Crippen LogP contribution in [0.2, 0.25) is 0 Å². The molecule has 0 saturated heterocycles. The van der Waals surface area contributed by atoms with E-state index in [4.69, 9.17) is 14.6 Å². The summed E-state index contributed by atoms with van der Waals surface area (Å²) >= 11 is 0. The van der Waals surface area contributed by atoms with E-state index in [1.807, 2.05) is 0 Å². The molecule has 2 aromatic rings. The minimum absolute atomic E-state index is 0.0369. The Kier molecular flexibility index (Phi) is 2.40. The highest BCUT2D eigenvalue weighted by molar-refractivity contribution is 6.02. The first-order valence-corrected chi connectivity index (χ1v) is 4.55. The van der Waals surface area contributed by atoms with Crippen molar-refractivity contribution in [2.24, 2.45) is 0 Å². The first-order chi connectivity index (χ1) is 8.02. The molecular formula is C11H6O6. The van der Waals surface area contributed by atoms with Gasteiger partial charge in [-0.3, -0.25) is 4.79 Å². The number of hydrogen-bond donors (Lipinski definition) is 2. The van der Waals surface area contributed by atoms with Crippen LogP contribution in [-0.4, -0.2) is 22.2 Å². The number of hydrogen-bond acceptors (Lipinski definition) is 4. The number of carboxylic acids is 2. The lowest BCUT2D eigenvalue weighted by atomic mass is 10.1. The molecule has 0 aliphatic heterocycles. The fourth-order valence-corrected chi connectivity index (χ4v) is 1.49. The predicted octanol–water partition coefficient (Wildman–Crippen LogP) is 1.19. The molecular weight excluding hydrogens is 228 g/mol. The fraction of sp³-hybridized carbons (Fsp3) is 0. The van der Waals surface area contributed by atoms with Gasteiger partial charge in [-0.05, 0) is 12.1 Å². The van der Waals surface area contributed by atoms with Crippen molar-refractivity contribution in [3.8, 4) is 0 Å². The van der Waals surface area contributed by atoms with Gasteiger partial charge >= 0.3 is 11.9 Å². The summed E-state index contributed by atoms with van der Waals surface area (Å²) in [6.45, 7) is 0. The van der Waals surface area contributed by atoms with E-state index in [9.17, 15) is 14.4 Å². The van der Waals surface area contributed by atoms with Crippen molar-refractivity contribution in [1.82, 2.24) is 0 Å². The van der Waals surface area contributed by atoms with E-state index < -0.39 is 28.7 Å². The molecule has 0 saturated carbocycles. The molecule has 0 bridgehead atoms. The molecule has 0 spiro atoms. The maximum absolute atomic E-state index is 11.8. The zero-order valence-corrected chi connectivity index (χ0v) is 8.34. The topological polar surface area (TPSA) is 105 Å². The van der Waals surface area contributed by atoms with E-state index in [2.05, 4.69) is 0 Å². The van der Waals surface area contributed by atoms with Crippen LogP contribution in [0, 0.1) is 0 Å². The average Bonchev–Trinajstić information content (AvgIpc) is 2.28. The second-order valence-corrected chi connectivity index (χ2v) is 3.24. The van der Waals surface area contributed by atoms with Crippen molar-refractivity contribution in [2.45, 2.75) is 0 Å². The van der Waals surface area contributed by atoms with E-state index in [1.165, 1.54) is 18.2 Å². The van der Waals surface area contributed by atoms with Gasteiger partial charge in [0.15, 0.2) is 5.56 Å². The Balaban J connectivity index is 2.99. The van der Waals surface area contributed by atoms with Crippen LogP contribution in [0.1, 0.15) is 20.9 Å². The van der Waals surface area contributed by atoms with Gasteiger partial charge in [-0.1, -0.05) is 12.1 Å². The Morgan fingerprint density at radius 3 is 2.29 bits per heavy atom. The minimum atomic E-state index is -1.62. The highest BCUT2D eigenvalue weighted by atomic mass is 16.4. The van der Waals surface area contributed by atoms with Crippen molar-refractivity contribution in [3.05, 3.63) is 45.8 Å². The Hall–Kier alpha value is -2.63. The standard InChI is InChI=1S/C11H6O6/c12-8-5-3-1-2-4-6(5)17-9(11(15)16)7(8)10(13)14/h1-4H,(H,13,14)(H,15,16). The first-order valence-electron chi connectivity index (χ1n) is 4.55. The summed E-state index contributed by atoms with van der Waals surface area (Å²) < 4.78 is 4.92. The van der Waals surface area contributed by atoms with E-state index >= 15 is 0 Å². The summed E-state index contributed by atoms with van der Waals surface area (Å²) in [5.74, 6) is -4.08. The zero-order chi connectivity index (χ0) is 12.6. The van der Waals surface area contributed by atoms with Crippen LogP contribution in [-0.2, 0) is 0 Å². The van der Waals surface area contributed by atoms with Crippen LogP contribution in [0.5, 0.6) is 0 Å². The number of aromatic carboxylic acids is 2. The molecule has 0 aliphatic carbocycles. The molecule has 86 valence electrons. The molecule has 0 amide bonds. The highest BCUT2D eigenvalue weighted by Gasteiger charge is 2.24. The molecule has 0 fully saturated rings. The van der Waals surface area contributed by atoms with E-state index in [-0.39, 0.29) is 11.0 Å². The van der Waals surface area contributed by atoms with Crippen molar-refractivity contribution in [1.29, 1.82) is 0 Å². The van der Waals surface area contributed by atoms with Crippen LogP contribution < -0.4 is 5.43 Å². The van der Waals surface area contributed by atoms with Gasteiger partial charge < -0.3 is 14.6 Å². The summed E-state index contributed by atoms with van der Waals surface area (Å²) in [6, 6.07) is 5.86. The predicted molar refractivity (Wildman–Crippen MR) is 56.4 cm³/mol. The SMILES string of the molecule is O=C(O)c1oc2ccccc2c(=O)c1C(=O)O. The number of fused-ring (bicyclic) bond motifs is 1. The van der Waals surface area contributed by atoms with Gasteiger partial charge in [-0.15, -0.1) is 0 Å². The van der Waals surface area contributed by atoms with Crippen LogP contribution in [0.15, 0.2) is 33.5 Å². The van der Waals surface area contributed by atoms with Gasteiger partial charge in [0.1, 0.15) is 5.58 Å². The molecule has 6 nitrogen and oxygen atoms in total.